The Bertz CT molecular complexity index is 396. The maximum Gasteiger partial charge on any atom is 0.383 e. The quantitative estimate of drug-likeness (QED) is 0.341. The van der Waals surface area contributed by atoms with Crippen molar-refractivity contribution in [2.45, 2.75) is 0 Å². The standard InChI is InChI=1S/C8H5ClO4S/c1-13-8(12)7(11)6(10)4-2-3-5(9)14-4/h2-3H,1H3. The molecule has 6 heteroatoms. The number of thiophene rings is 1. The SMILES string of the molecule is COC(=O)C(=O)C(=O)c1ccc(Cl)s1. The van der Waals surface area contributed by atoms with Gasteiger partial charge in [0, 0.05) is 0 Å². The maximum absolute atomic E-state index is 11.3. The van der Waals surface area contributed by atoms with Gasteiger partial charge in [-0.2, -0.15) is 0 Å². The number of carbonyl (C=O) groups excluding carboxylic acids is 3. The minimum Gasteiger partial charge on any atom is -0.463 e. The monoisotopic (exact) mass is 232 g/mol. The van der Waals surface area contributed by atoms with E-state index in [-0.39, 0.29) is 4.88 Å². The van der Waals surface area contributed by atoms with E-state index < -0.39 is 17.5 Å². The third-order valence-corrected chi connectivity index (χ3v) is 2.60. The molecule has 0 aliphatic carbocycles. The second-order valence-electron chi connectivity index (χ2n) is 2.25. The molecule has 0 amide bonds. The van der Waals surface area contributed by atoms with Crippen molar-refractivity contribution in [3.05, 3.63) is 21.3 Å². The molecule has 0 N–H and O–H groups in total. The van der Waals surface area contributed by atoms with Crippen LogP contribution in [0, 0.1) is 0 Å². The van der Waals surface area contributed by atoms with E-state index in [1.807, 2.05) is 0 Å². The number of ether oxygens (including phenoxy) is 1. The van der Waals surface area contributed by atoms with Crippen LogP contribution in [0.15, 0.2) is 12.1 Å². The number of esters is 1. The molecule has 4 nitrogen and oxygen atoms in total. The van der Waals surface area contributed by atoms with Gasteiger partial charge >= 0.3 is 11.8 Å². The van der Waals surface area contributed by atoms with Gasteiger partial charge in [-0.1, -0.05) is 11.6 Å². The van der Waals surface area contributed by atoms with Crippen molar-refractivity contribution in [2.75, 3.05) is 7.11 Å². The van der Waals surface area contributed by atoms with E-state index in [1.54, 1.807) is 0 Å². The van der Waals surface area contributed by atoms with Crippen molar-refractivity contribution in [2.24, 2.45) is 0 Å². The summed E-state index contributed by atoms with van der Waals surface area (Å²) in [5, 5.41) is 0. The fourth-order valence-electron chi connectivity index (χ4n) is 0.734. The van der Waals surface area contributed by atoms with Gasteiger partial charge in [0.25, 0.3) is 5.78 Å². The first-order valence-electron chi connectivity index (χ1n) is 3.48. The Hall–Kier alpha value is -1.20. The van der Waals surface area contributed by atoms with E-state index in [1.165, 1.54) is 12.1 Å². The predicted molar refractivity (Wildman–Crippen MR) is 50.7 cm³/mol. The van der Waals surface area contributed by atoms with Crippen LogP contribution in [0.25, 0.3) is 0 Å². The third kappa shape index (κ3) is 2.18. The van der Waals surface area contributed by atoms with Gasteiger partial charge in [0.15, 0.2) is 0 Å². The summed E-state index contributed by atoms with van der Waals surface area (Å²) in [6, 6.07) is 2.86. The summed E-state index contributed by atoms with van der Waals surface area (Å²) in [7, 11) is 1.04. The zero-order valence-electron chi connectivity index (χ0n) is 7.07. The minimum atomic E-state index is -1.19. The maximum atomic E-state index is 11.3. The molecule has 14 heavy (non-hydrogen) atoms. The zero-order valence-corrected chi connectivity index (χ0v) is 8.65. The Morgan fingerprint density at radius 1 is 1.36 bits per heavy atom. The highest BCUT2D eigenvalue weighted by molar-refractivity contribution is 7.19. The number of carbonyl (C=O) groups is 3. The lowest BCUT2D eigenvalue weighted by atomic mass is 10.2. The molecule has 0 saturated heterocycles. The van der Waals surface area contributed by atoms with E-state index in [9.17, 15) is 14.4 Å². The fraction of sp³-hybridized carbons (Fsp3) is 0.125. The van der Waals surface area contributed by atoms with E-state index in [2.05, 4.69) is 4.74 Å². The molecule has 0 fully saturated rings. The van der Waals surface area contributed by atoms with Gasteiger partial charge in [-0.25, -0.2) is 4.79 Å². The van der Waals surface area contributed by atoms with Crippen molar-refractivity contribution in [1.29, 1.82) is 0 Å². The van der Waals surface area contributed by atoms with Crippen LogP contribution in [-0.4, -0.2) is 24.6 Å². The van der Waals surface area contributed by atoms with Crippen molar-refractivity contribution >= 4 is 40.5 Å². The molecule has 0 spiro atoms. The average molecular weight is 233 g/mol. The minimum absolute atomic E-state index is 0.130. The summed E-state index contributed by atoms with van der Waals surface area (Å²) in [6.07, 6.45) is 0. The van der Waals surface area contributed by atoms with E-state index in [0.29, 0.717) is 4.34 Å². The summed E-state index contributed by atoms with van der Waals surface area (Å²) in [5.41, 5.74) is 0. The molecule has 0 unspecified atom stereocenters. The first-order valence-corrected chi connectivity index (χ1v) is 4.68. The van der Waals surface area contributed by atoms with Gasteiger partial charge in [-0.15, -0.1) is 11.3 Å². The molecule has 0 aliphatic heterocycles. The van der Waals surface area contributed by atoms with Crippen LogP contribution in [0.4, 0.5) is 0 Å². The van der Waals surface area contributed by atoms with Crippen LogP contribution in [-0.2, 0) is 14.3 Å². The molecule has 1 aromatic rings. The molecule has 0 aromatic carbocycles. The van der Waals surface area contributed by atoms with Crippen LogP contribution >= 0.6 is 22.9 Å². The van der Waals surface area contributed by atoms with Crippen LogP contribution in [0.3, 0.4) is 0 Å². The average Bonchev–Trinajstić information content (AvgIpc) is 2.61. The lowest BCUT2D eigenvalue weighted by Gasteiger charge is -1.94. The lowest BCUT2D eigenvalue weighted by molar-refractivity contribution is -0.149. The van der Waals surface area contributed by atoms with Crippen molar-refractivity contribution in [1.82, 2.24) is 0 Å². The fourth-order valence-corrected chi connectivity index (χ4v) is 1.71. The molecule has 0 bridgehead atoms. The van der Waals surface area contributed by atoms with Gasteiger partial charge in [-0.05, 0) is 12.1 Å². The number of halogens is 1. The van der Waals surface area contributed by atoms with Crippen LogP contribution in [0.1, 0.15) is 9.67 Å². The lowest BCUT2D eigenvalue weighted by Crippen LogP contribution is -2.24. The normalized spacial score (nSPS) is 9.57. The Morgan fingerprint density at radius 2 is 2.00 bits per heavy atom. The zero-order chi connectivity index (χ0) is 10.7. The van der Waals surface area contributed by atoms with Gasteiger partial charge in [-0.3, -0.25) is 9.59 Å². The van der Waals surface area contributed by atoms with Gasteiger partial charge in [0.2, 0.25) is 0 Å². The molecule has 1 rings (SSSR count). The Morgan fingerprint density at radius 3 is 2.43 bits per heavy atom. The predicted octanol–water partition coefficient (Wildman–Crippen LogP) is 1.33. The molecule has 1 heterocycles. The van der Waals surface area contributed by atoms with Crippen LogP contribution in [0.5, 0.6) is 0 Å². The van der Waals surface area contributed by atoms with Crippen LogP contribution in [0.2, 0.25) is 4.34 Å². The Labute approximate surface area is 88.4 Å². The van der Waals surface area contributed by atoms with E-state index in [0.717, 1.165) is 18.4 Å². The summed E-state index contributed by atoms with van der Waals surface area (Å²) in [4.78, 5) is 33.1. The molecular weight excluding hydrogens is 228 g/mol. The number of Topliss-reactive ketones (excluding diaryl/α,β-unsaturated/α-hetero) is 2. The summed E-state index contributed by atoms with van der Waals surface area (Å²) < 4.78 is 4.50. The number of rotatable bonds is 3. The molecule has 0 saturated carbocycles. The third-order valence-electron chi connectivity index (χ3n) is 1.37. The highest BCUT2D eigenvalue weighted by Gasteiger charge is 2.25. The van der Waals surface area contributed by atoms with E-state index in [4.69, 9.17) is 11.6 Å². The van der Waals surface area contributed by atoms with Crippen LogP contribution < -0.4 is 0 Å². The Kier molecular flexibility index (Phi) is 3.38. The van der Waals surface area contributed by atoms with Gasteiger partial charge in [0.1, 0.15) is 0 Å². The second kappa shape index (κ2) is 4.34. The van der Waals surface area contributed by atoms with Crippen molar-refractivity contribution in [3.63, 3.8) is 0 Å². The van der Waals surface area contributed by atoms with Gasteiger partial charge < -0.3 is 4.74 Å². The molecule has 0 aliphatic rings. The summed E-state index contributed by atoms with van der Waals surface area (Å²) in [6.45, 7) is 0. The number of hydrogen-bond donors (Lipinski definition) is 0. The Balaban J connectivity index is 2.86. The topological polar surface area (TPSA) is 60.4 Å². The highest BCUT2D eigenvalue weighted by Crippen LogP contribution is 2.21. The number of methoxy groups -OCH3 is 1. The summed E-state index contributed by atoms with van der Waals surface area (Å²) >= 11 is 6.50. The molecular formula is C8H5ClO4S. The highest BCUT2D eigenvalue weighted by atomic mass is 35.5. The second-order valence-corrected chi connectivity index (χ2v) is 3.97. The smallest absolute Gasteiger partial charge is 0.383 e. The molecule has 1 aromatic heterocycles. The first kappa shape index (κ1) is 10.9. The first-order chi connectivity index (χ1) is 6.56. The van der Waals surface area contributed by atoms with E-state index >= 15 is 0 Å². The molecule has 0 atom stereocenters. The number of ketones is 2. The van der Waals surface area contributed by atoms with Crippen molar-refractivity contribution < 1.29 is 19.1 Å². The molecule has 0 radical (unpaired) electrons. The summed E-state index contributed by atoms with van der Waals surface area (Å²) in [5.74, 6) is -3.25. The number of hydrogen-bond acceptors (Lipinski definition) is 5. The largest absolute Gasteiger partial charge is 0.463 e. The van der Waals surface area contributed by atoms with Gasteiger partial charge in [0.05, 0.1) is 16.3 Å². The molecule has 74 valence electrons. The van der Waals surface area contributed by atoms with Crippen molar-refractivity contribution in [3.8, 4) is 0 Å².